The maximum absolute atomic E-state index is 9.62. The van der Waals surface area contributed by atoms with Crippen LogP contribution < -0.4 is 5.32 Å². The van der Waals surface area contributed by atoms with Gasteiger partial charge in [0, 0.05) is 18.1 Å². The maximum atomic E-state index is 9.62. The maximum Gasteiger partial charge on any atom is 0.0700 e. The highest BCUT2D eigenvalue weighted by molar-refractivity contribution is 5.25. The quantitative estimate of drug-likeness (QED) is 0.628. The van der Waals surface area contributed by atoms with Gasteiger partial charge in [0.1, 0.15) is 0 Å². The summed E-state index contributed by atoms with van der Waals surface area (Å²) in [4.78, 5) is 2.37. The molecular formula is C10H18N2O. The van der Waals surface area contributed by atoms with Crippen LogP contribution in [0, 0.1) is 0 Å². The molecule has 0 aromatic rings. The highest BCUT2D eigenvalue weighted by Gasteiger charge is 2.67. The summed E-state index contributed by atoms with van der Waals surface area (Å²) in [5.74, 6) is 0. The number of nitrogens with zero attached hydrogens (tertiary/aromatic N) is 1. The normalized spacial score (nSPS) is 54.5. The molecule has 3 saturated carbocycles. The highest BCUT2D eigenvalue weighted by atomic mass is 16.3. The Labute approximate surface area is 79.1 Å². The molecule has 4 rings (SSSR count). The predicted octanol–water partition coefficient (Wildman–Crippen LogP) is -0.0525. The number of hydrogen-bond acceptors (Lipinski definition) is 3. The predicted molar refractivity (Wildman–Crippen MR) is 50.6 cm³/mol. The first-order chi connectivity index (χ1) is 6.09. The molecule has 2 N–H and O–H groups in total. The fourth-order valence-corrected chi connectivity index (χ4v) is 3.37. The molecule has 4 fully saturated rings. The van der Waals surface area contributed by atoms with Crippen LogP contribution in [-0.2, 0) is 0 Å². The van der Waals surface area contributed by atoms with E-state index in [-0.39, 0.29) is 5.60 Å². The van der Waals surface area contributed by atoms with Crippen LogP contribution in [0.1, 0.15) is 25.7 Å². The number of likely N-dealkylation sites (tertiary alicyclic amines) is 1. The average molecular weight is 182 g/mol. The zero-order valence-corrected chi connectivity index (χ0v) is 8.21. The number of likely N-dealkylation sites (N-methyl/N-ethyl adjacent to an activating group) is 1. The molecule has 4 aliphatic rings. The molecule has 0 radical (unpaired) electrons. The van der Waals surface area contributed by atoms with Gasteiger partial charge in [0.15, 0.2) is 0 Å². The Kier molecular flexibility index (Phi) is 1.43. The monoisotopic (exact) mass is 182 g/mol. The Morgan fingerprint density at radius 3 is 2.54 bits per heavy atom. The molecule has 74 valence electrons. The number of hydrogen-bond donors (Lipinski definition) is 2. The summed E-state index contributed by atoms with van der Waals surface area (Å²) >= 11 is 0. The van der Waals surface area contributed by atoms with E-state index in [0.717, 1.165) is 19.3 Å². The van der Waals surface area contributed by atoms with Crippen LogP contribution in [0.5, 0.6) is 0 Å². The fourth-order valence-electron chi connectivity index (χ4n) is 3.37. The SMILES string of the molecule is CN1CCC(NC23CC(O)(C2)C3)C1. The average Bonchev–Trinajstić information content (AvgIpc) is 2.30. The molecule has 1 saturated heterocycles. The Morgan fingerprint density at radius 1 is 1.38 bits per heavy atom. The third-order valence-corrected chi connectivity index (χ3v) is 3.90. The van der Waals surface area contributed by atoms with Crippen LogP contribution in [0.3, 0.4) is 0 Å². The second-order valence-corrected chi connectivity index (χ2v) is 5.43. The first-order valence-corrected chi connectivity index (χ1v) is 5.28. The van der Waals surface area contributed by atoms with Crippen molar-refractivity contribution in [2.24, 2.45) is 0 Å². The third-order valence-electron chi connectivity index (χ3n) is 3.90. The van der Waals surface area contributed by atoms with E-state index in [2.05, 4.69) is 17.3 Å². The molecule has 0 aromatic heterocycles. The van der Waals surface area contributed by atoms with Crippen molar-refractivity contribution in [3.05, 3.63) is 0 Å². The van der Waals surface area contributed by atoms with Crippen molar-refractivity contribution >= 4 is 0 Å². The number of aliphatic hydroxyl groups is 1. The van der Waals surface area contributed by atoms with Gasteiger partial charge in [0.05, 0.1) is 5.60 Å². The summed E-state index contributed by atoms with van der Waals surface area (Å²) in [6.45, 7) is 2.40. The van der Waals surface area contributed by atoms with Crippen molar-refractivity contribution in [1.29, 1.82) is 0 Å². The van der Waals surface area contributed by atoms with Crippen LogP contribution in [0.4, 0.5) is 0 Å². The molecule has 1 heterocycles. The minimum atomic E-state index is -0.252. The summed E-state index contributed by atoms with van der Waals surface area (Å²) in [5.41, 5.74) is 0.0993. The lowest BCUT2D eigenvalue weighted by atomic mass is 9.46. The van der Waals surface area contributed by atoms with Gasteiger partial charge in [-0.2, -0.15) is 0 Å². The molecule has 0 aromatic carbocycles. The topological polar surface area (TPSA) is 35.5 Å². The largest absolute Gasteiger partial charge is 0.390 e. The van der Waals surface area contributed by atoms with Gasteiger partial charge in [-0.25, -0.2) is 0 Å². The molecular weight excluding hydrogens is 164 g/mol. The van der Waals surface area contributed by atoms with E-state index in [0.29, 0.717) is 11.6 Å². The zero-order valence-electron chi connectivity index (χ0n) is 8.21. The van der Waals surface area contributed by atoms with Gasteiger partial charge in [0.2, 0.25) is 0 Å². The van der Waals surface area contributed by atoms with Gasteiger partial charge in [-0.1, -0.05) is 0 Å². The first-order valence-electron chi connectivity index (χ1n) is 5.28. The Balaban J connectivity index is 1.54. The number of nitrogens with one attached hydrogen (secondary N) is 1. The van der Waals surface area contributed by atoms with Gasteiger partial charge in [-0.15, -0.1) is 0 Å². The molecule has 3 nitrogen and oxygen atoms in total. The van der Waals surface area contributed by atoms with Crippen molar-refractivity contribution in [3.63, 3.8) is 0 Å². The van der Waals surface area contributed by atoms with Crippen LogP contribution in [0.25, 0.3) is 0 Å². The molecule has 1 unspecified atom stereocenters. The van der Waals surface area contributed by atoms with Crippen molar-refractivity contribution in [3.8, 4) is 0 Å². The van der Waals surface area contributed by atoms with E-state index in [9.17, 15) is 5.11 Å². The molecule has 1 atom stereocenters. The minimum absolute atomic E-state index is 0.252. The first kappa shape index (κ1) is 8.21. The zero-order chi connectivity index (χ0) is 9.10. The smallest absolute Gasteiger partial charge is 0.0700 e. The van der Waals surface area contributed by atoms with Gasteiger partial charge in [-0.05, 0) is 39.3 Å². The molecule has 13 heavy (non-hydrogen) atoms. The van der Waals surface area contributed by atoms with Crippen molar-refractivity contribution in [1.82, 2.24) is 10.2 Å². The summed E-state index contributed by atoms with van der Waals surface area (Å²) in [7, 11) is 2.18. The second kappa shape index (κ2) is 2.27. The van der Waals surface area contributed by atoms with Crippen LogP contribution >= 0.6 is 0 Å². The van der Waals surface area contributed by atoms with Crippen molar-refractivity contribution in [2.45, 2.75) is 42.9 Å². The summed E-state index contributed by atoms with van der Waals surface area (Å²) < 4.78 is 0. The summed E-state index contributed by atoms with van der Waals surface area (Å²) in [5, 5.41) is 13.3. The lowest BCUT2D eigenvalue weighted by molar-refractivity contribution is -0.223. The third kappa shape index (κ3) is 1.14. The second-order valence-electron chi connectivity index (χ2n) is 5.43. The van der Waals surface area contributed by atoms with Gasteiger partial charge >= 0.3 is 0 Å². The van der Waals surface area contributed by atoms with Gasteiger partial charge < -0.3 is 15.3 Å². The van der Waals surface area contributed by atoms with Crippen LogP contribution in [0.2, 0.25) is 0 Å². The lowest BCUT2D eigenvalue weighted by Crippen LogP contribution is -2.79. The Hall–Kier alpha value is -0.120. The van der Waals surface area contributed by atoms with Crippen molar-refractivity contribution < 1.29 is 5.11 Å². The standard InChI is InChI=1S/C10H18N2O/c1-12-3-2-8(4-12)11-9-5-10(13,6-9)7-9/h8,11,13H,2-7H2,1H3. The molecule has 0 spiro atoms. The van der Waals surface area contributed by atoms with E-state index in [1.54, 1.807) is 0 Å². The minimum Gasteiger partial charge on any atom is -0.390 e. The summed E-state index contributed by atoms with van der Waals surface area (Å²) in [6.07, 6.45) is 4.28. The van der Waals surface area contributed by atoms with E-state index < -0.39 is 0 Å². The molecule has 3 aliphatic carbocycles. The molecule has 3 heteroatoms. The van der Waals surface area contributed by atoms with Gasteiger partial charge in [0.25, 0.3) is 0 Å². The van der Waals surface area contributed by atoms with E-state index >= 15 is 0 Å². The van der Waals surface area contributed by atoms with Crippen molar-refractivity contribution in [2.75, 3.05) is 20.1 Å². The van der Waals surface area contributed by atoms with E-state index in [4.69, 9.17) is 0 Å². The number of rotatable bonds is 2. The summed E-state index contributed by atoms with van der Waals surface area (Å²) in [6, 6.07) is 0.676. The Bertz CT molecular complexity index is 221. The van der Waals surface area contributed by atoms with Crippen LogP contribution in [-0.4, -0.2) is 47.3 Å². The fraction of sp³-hybridized carbons (Fsp3) is 1.00. The molecule has 1 aliphatic heterocycles. The van der Waals surface area contributed by atoms with E-state index in [1.807, 2.05) is 0 Å². The lowest BCUT2D eigenvalue weighted by Gasteiger charge is -2.68. The van der Waals surface area contributed by atoms with E-state index in [1.165, 1.54) is 19.5 Å². The van der Waals surface area contributed by atoms with Crippen LogP contribution in [0.15, 0.2) is 0 Å². The Morgan fingerprint density at radius 2 is 2.08 bits per heavy atom. The molecule has 0 amide bonds. The molecule has 2 bridgehead atoms. The highest BCUT2D eigenvalue weighted by Crippen LogP contribution is 2.60. The van der Waals surface area contributed by atoms with Gasteiger partial charge in [-0.3, -0.25) is 0 Å².